The lowest BCUT2D eigenvalue weighted by atomic mass is 9.88. The summed E-state index contributed by atoms with van der Waals surface area (Å²) in [4.78, 5) is 27.2. The summed E-state index contributed by atoms with van der Waals surface area (Å²) < 4.78 is 11.0. The number of esters is 1. The highest BCUT2D eigenvalue weighted by Crippen LogP contribution is 2.33. The van der Waals surface area contributed by atoms with Crippen molar-refractivity contribution in [3.8, 4) is 5.75 Å². The smallest absolute Gasteiger partial charge is 0.339 e. The Kier molecular flexibility index (Phi) is 4.72. The number of benzene rings is 2. The number of hydrogen-bond acceptors (Lipinski definition) is 4. The van der Waals surface area contributed by atoms with Crippen LogP contribution in [-0.2, 0) is 16.0 Å². The molecule has 1 amide bonds. The Labute approximate surface area is 153 Å². The lowest BCUT2D eigenvalue weighted by molar-refractivity contribution is -0.151. The van der Waals surface area contributed by atoms with Crippen LogP contribution in [0.3, 0.4) is 0 Å². The van der Waals surface area contributed by atoms with Gasteiger partial charge in [0.25, 0.3) is 5.91 Å². The van der Waals surface area contributed by atoms with Gasteiger partial charge in [0, 0.05) is 19.0 Å². The summed E-state index contributed by atoms with van der Waals surface area (Å²) in [5.74, 6) is 0.0237. The third-order valence-corrected chi connectivity index (χ3v) is 5.03. The molecule has 1 aliphatic heterocycles. The van der Waals surface area contributed by atoms with E-state index in [-0.39, 0.29) is 11.9 Å². The molecule has 1 aliphatic rings. The topological polar surface area (TPSA) is 55.8 Å². The molecule has 0 N–H and O–H groups in total. The van der Waals surface area contributed by atoms with Crippen molar-refractivity contribution in [3.63, 3.8) is 0 Å². The van der Waals surface area contributed by atoms with E-state index in [1.807, 2.05) is 43.3 Å². The number of fused-ring (bicyclic) bond motifs is 1. The Morgan fingerprint density at radius 3 is 2.58 bits per heavy atom. The minimum absolute atomic E-state index is 0.230. The quantitative estimate of drug-likeness (QED) is 0.791. The molecular weight excluding hydrogens is 330 g/mol. The fraction of sp³-hybridized carbons (Fsp3) is 0.333. The molecule has 2 atom stereocenters. The van der Waals surface area contributed by atoms with Crippen molar-refractivity contribution < 1.29 is 19.1 Å². The van der Waals surface area contributed by atoms with Crippen LogP contribution in [0.1, 0.15) is 41.4 Å². The predicted molar refractivity (Wildman–Crippen MR) is 98.1 cm³/mol. The second-order valence-electron chi connectivity index (χ2n) is 6.79. The lowest BCUT2D eigenvalue weighted by Crippen LogP contribution is -2.52. The van der Waals surface area contributed by atoms with Crippen LogP contribution in [0.15, 0.2) is 48.5 Å². The number of rotatable bonds is 4. The number of methoxy groups -OCH3 is 1. The Balaban J connectivity index is 1.88. The van der Waals surface area contributed by atoms with Crippen molar-refractivity contribution in [1.29, 1.82) is 0 Å². The minimum Gasteiger partial charge on any atom is -0.496 e. The number of amides is 1. The Morgan fingerprint density at radius 2 is 1.85 bits per heavy atom. The maximum atomic E-state index is 13.2. The number of hydrogen-bond donors (Lipinski definition) is 0. The SMILES string of the molecule is COc1ccccc1C(C)N(C)C(=O)C1(C)Cc2ccccc2C(=O)O1. The molecule has 0 spiro atoms. The van der Waals surface area contributed by atoms with E-state index in [1.165, 1.54) is 0 Å². The number of carbonyl (C=O) groups is 2. The van der Waals surface area contributed by atoms with Crippen molar-refractivity contribution >= 4 is 11.9 Å². The van der Waals surface area contributed by atoms with E-state index < -0.39 is 11.6 Å². The van der Waals surface area contributed by atoms with E-state index in [0.717, 1.165) is 16.9 Å². The van der Waals surface area contributed by atoms with Gasteiger partial charge in [0.15, 0.2) is 5.60 Å². The molecule has 0 bridgehead atoms. The second kappa shape index (κ2) is 6.83. The number of likely N-dealkylation sites (N-methyl/N-ethyl adjacent to an activating group) is 1. The van der Waals surface area contributed by atoms with Crippen LogP contribution in [0.5, 0.6) is 5.75 Å². The minimum atomic E-state index is -1.23. The van der Waals surface area contributed by atoms with Gasteiger partial charge in [-0.3, -0.25) is 4.79 Å². The van der Waals surface area contributed by atoms with Gasteiger partial charge in [-0.05, 0) is 31.5 Å². The molecule has 26 heavy (non-hydrogen) atoms. The van der Waals surface area contributed by atoms with Crippen LogP contribution in [0, 0.1) is 0 Å². The summed E-state index contributed by atoms with van der Waals surface area (Å²) in [6, 6.07) is 14.6. The first-order valence-electron chi connectivity index (χ1n) is 8.59. The summed E-state index contributed by atoms with van der Waals surface area (Å²) in [6.45, 7) is 3.60. The monoisotopic (exact) mass is 353 g/mol. The van der Waals surface area contributed by atoms with Crippen molar-refractivity contribution in [2.45, 2.75) is 31.9 Å². The highest BCUT2D eigenvalue weighted by Gasteiger charge is 2.45. The number of nitrogens with zero attached hydrogens (tertiary/aromatic N) is 1. The zero-order valence-electron chi connectivity index (χ0n) is 15.5. The van der Waals surface area contributed by atoms with Gasteiger partial charge in [0.1, 0.15) is 5.75 Å². The fourth-order valence-electron chi connectivity index (χ4n) is 3.42. The summed E-state index contributed by atoms with van der Waals surface area (Å²) in [5, 5.41) is 0. The second-order valence-corrected chi connectivity index (χ2v) is 6.79. The van der Waals surface area contributed by atoms with Crippen molar-refractivity contribution in [2.75, 3.05) is 14.2 Å². The van der Waals surface area contributed by atoms with Crippen LogP contribution in [0.25, 0.3) is 0 Å². The van der Waals surface area contributed by atoms with E-state index in [1.54, 1.807) is 38.1 Å². The number of ether oxygens (including phenoxy) is 2. The average molecular weight is 353 g/mol. The molecule has 2 aromatic rings. The van der Waals surface area contributed by atoms with E-state index in [4.69, 9.17) is 9.47 Å². The fourth-order valence-corrected chi connectivity index (χ4v) is 3.42. The van der Waals surface area contributed by atoms with Gasteiger partial charge in [0.2, 0.25) is 0 Å². The van der Waals surface area contributed by atoms with E-state index >= 15 is 0 Å². The maximum absolute atomic E-state index is 13.2. The van der Waals surface area contributed by atoms with Crippen LogP contribution in [0.2, 0.25) is 0 Å². The largest absolute Gasteiger partial charge is 0.496 e. The molecule has 1 heterocycles. The molecular formula is C21H23NO4. The third kappa shape index (κ3) is 3.05. The van der Waals surface area contributed by atoms with Gasteiger partial charge in [-0.2, -0.15) is 0 Å². The van der Waals surface area contributed by atoms with Gasteiger partial charge >= 0.3 is 5.97 Å². The van der Waals surface area contributed by atoms with Gasteiger partial charge < -0.3 is 14.4 Å². The first kappa shape index (κ1) is 18.0. The highest BCUT2D eigenvalue weighted by atomic mass is 16.6. The van der Waals surface area contributed by atoms with Crippen LogP contribution in [-0.4, -0.2) is 36.5 Å². The van der Waals surface area contributed by atoms with Crippen molar-refractivity contribution in [1.82, 2.24) is 4.90 Å². The molecule has 0 fully saturated rings. The summed E-state index contributed by atoms with van der Waals surface area (Å²) in [6.07, 6.45) is 0.358. The van der Waals surface area contributed by atoms with Gasteiger partial charge in [0.05, 0.1) is 18.7 Å². The summed E-state index contributed by atoms with van der Waals surface area (Å²) in [5.41, 5.74) is 1.03. The molecule has 2 aromatic carbocycles. The average Bonchev–Trinajstić information content (AvgIpc) is 2.66. The standard InChI is InChI=1S/C21H23NO4/c1-14(16-10-7-8-12-18(16)25-4)22(3)20(24)21(2)13-15-9-5-6-11-17(15)19(23)26-21/h5-12,14H,13H2,1-4H3. The molecule has 136 valence electrons. The van der Waals surface area contributed by atoms with Gasteiger partial charge in [-0.25, -0.2) is 4.79 Å². The third-order valence-electron chi connectivity index (χ3n) is 5.03. The Morgan fingerprint density at radius 1 is 1.19 bits per heavy atom. The molecule has 0 saturated carbocycles. The molecule has 5 heteroatoms. The molecule has 0 saturated heterocycles. The molecule has 0 radical (unpaired) electrons. The number of cyclic esters (lactones) is 1. The Hall–Kier alpha value is -2.82. The molecule has 0 aliphatic carbocycles. The van der Waals surface area contributed by atoms with Crippen molar-refractivity contribution in [2.24, 2.45) is 0 Å². The normalized spacial score (nSPS) is 19.9. The van der Waals surface area contributed by atoms with Gasteiger partial charge in [-0.15, -0.1) is 0 Å². The summed E-state index contributed by atoms with van der Waals surface area (Å²) >= 11 is 0. The zero-order valence-corrected chi connectivity index (χ0v) is 15.5. The van der Waals surface area contributed by atoms with Crippen LogP contribution in [0.4, 0.5) is 0 Å². The lowest BCUT2D eigenvalue weighted by Gasteiger charge is -2.38. The predicted octanol–water partition coefficient (Wildman–Crippen LogP) is 3.39. The molecule has 5 nitrogen and oxygen atoms in total. The molecule has 0 aromatic heterocycles. The Bertz CT molecular complexity index is 847. The van der Waals surface area contributed by atoms with Gasteiger partial charge in [-0.1, -0.05) is 36.4 Å². The van der Waals surface area contributed by atoms with E-state index in [0.29, 0.717) is 12.0 Å². The number of para-hydroxylation sites is 1. The first-order valence-corrected chi connectivity index (χ1v) is 8.59. The highest BCUT2D eigenvalue weighted by molar-refractivity contribution is 5.97. The zero-order chi connectivity index (χ0) is 18.9. The van der Waals surface area contributed by atoms with Crippen LogP contribution < -0.4 is 4.74 Å². The summed E-state index contributed by atoms with van der Waals surface area (Å²) in [7, 11) is 3.33. The van der Waals surface area contributed by atoms with E-state index in [2.05, 4.69) is 0 Å². The van der Waals surface area contributed by atoms with Crippen LogP contribution >= 0.6 is 0 Å². The van der Waals surface area contributed by atoms with E-state index in [9.17, 15) is 9.59 Å². The molecule has 3 rings (SSSR count). The maximum Gasteiger partial charge on any atom is 0.339 e. The molecule has 2 unspecified atom stereocenters. The van der Waals surface area contributed by atoms with Crippen molar-refractivity contribution in [3.05, 3.63) is 65.2 Å². The number of carbonyl (C=O) groups excluding carboxylic acids is 2. The first-order chi connectivity index (χ1) is 12.4.